The van der Waals surface area contributed by atoms with Crippen LogP contribution in [0.2, 0.25) is 0 Å². The standard InChI is InChI=1S/C13H20N4O6/c14-10(18)7-9(12(20)16-3-5-23-6-4-16)17-2-1-8(11(17)19)15-13(21)22/h8-9,15H,1-7H2,(H2,14,18)(H,21,22)/t8-,9-/m0/s1. The van der Waals surface area contributed by atoms with E-state index in [4.69, 9.17) is 15.6 Å². The van der Waals surface area contributed by atoms with Crippen molar-refractivity contribution in [3.63, 3.8) is 0 Å². The summed E-state index contributed by atoms with van der Waals surface area (Å²) in [6.07, 6.45) is -1.35. The van der Waals surface area contributed by atoms with E-state index < -0.39 is 30.0 Å². The number of primary amides is 1. The van der Waals surface area contributed by atoms with Crippen LogP contribution < -0.4 is 11.1 Å². The van der Waals surface area contributed by atoms with Crippen LogP contribution in [0.5, 0.6) is 0 Å². The summed E-state index contributed by atoms with van der Waals surface area (Å²) < 4.78 is 5.18. The van der Waals surface area contributed by atoms with E-state index in [2.05, 4.69) is 5.32 Å². The second kappa shape index (κ2) is 7.27. The van der Waals surface area contributed by atoms with Crippen LogP contribution in [0.4, 0.5) is 4.79 Å². The van der Waals surface area contributed by atoms with E-state index in [1.807, 2.05) is 0 Å². The van der Waals surface area contributed by atoms with E-state index in [1.165, 1.54) is 9.80 Å². The monoisotopic (exact) mass is 328 g/mol. The molecule has 0 aliphatic carbocycles. The fourth-order valence-electron chi connectivity index (χ4n) is 2.81. The number of morpholine rings is 1. The van der Waals surface area contributed by atoms with Gasteiger partial charge in [-0.15, -0.1) is 0 Å². The number of nitrogens with zero attached hydrogens (tertiary/aromatic N) is 2. The molecule has 2 heterocycles. The van der Waals surface area contributed by atoms with Crippen LogP contribution in [0.15, 0.2) is 0 Å². The molecular weight excluding hydrogens is 308 g/mol. The van der Waals surface area contributed by atoms with E-state index in [0.717, 1.165) is 0 Å². The van der Waals surface area contributed by atoms with Crippen LogP contribution in [0.3, 0.4) is 0 Å². The predicted molar refractivity (Wildman–Crippen MR) is 76.3 cm³/mol. The minimum atomic E-state index is -1.31. The van der Waals surface area contributed by atoms with E-state index >= 15 is 0 Å². The molecule has 0 saturated carbocycles. The molecule has 0 radical (unpaired) electrons. The van der Waals surface area contributed by atoms with Gasteiger partial charge >= 0.3 is 6.09 Å². The first-order valence-electron chi connectivity index (χ1n) is 7.35. The van der Waals surface area contributed by atoms with Gasteiger partial charge in [-0.1, -0.05) is 0 Å². The first kappa shape index (κ1) is 17.0. The summed E-state index contributed by atoms with van der Waals surface area (Å²) in [6, 6.07) is -1.90. The third-order valence-electron chi connectivity index (χ3n) is 3.92. The number of carboxylic acid groups (broad SMARTS) is 1. The topological polar surface area (TPSA) is 142 Å². The molecule has 23 heavy (non-hydrogen) atoms. The molecule has 10 nitrogen and oxygen atoms in total. The highest BCUT2D eigenvalue weighted by atomic mass is 16.5. The maximum Gasteiger partial charge on any atom is 0.405 e. The minimum Gasteiger partial charge on any atom is -0.465 e. The Labute approximate surface area is 132 Å². The largest absolute Gasteiger partial charge is 0.465 e. The van der Waals surface area contributed by atoms with Gasteiger partial charge < -0.3 is 30.7 Å². The highest BCUT2D eigenvalue weighted by Crippen LogP contribution is 2.19. The van der Waals surface area contributed by atoms with Gasteiger partial charge in [-0.25, -0.2) is 4.79 Å². The van der Waals surface area contributed by atoms with Gasteiger partial charge in [-0.2, -0.15) is 0 Å². The Balaban J connectivity index is 2.11. The lowest BCUT2D eigenvalue weighted by Gasteiger charge is -2.34. The fourth-order valence-corrected chi connectivity index (χ4v) is 2.81. The zero-order valence-corrected chi connectivity index (χ0v) is 12.6. The van der Waals surface area contributed by atoms with Crippen molar-refractivity contribution in [3.8, 4) is 0 Å². The van der Waals surface area contributed by atoms with Crippen molar-refractivity contribution < 1.29 is 29.0 Å². The molecule has 2 saturated heterocycles. The Morgan fingerprint density at radius 3 is 2.52 bits per heavy atom. The summed E-state index contributed by atoms with van der Waals surface area (Å²) in [5.41, 5.74) is 5.21. The second-order valence-corrected chi connectivity index (χ2v) is 5.45. The summed E-state index contributed by atoms with van der Waals surface area (Å²) in [4.78, 5) is 49.7. The van der Waals surface area contributed by atoms with E-state index in [9.17, 15) is 19.2 Å². The van der Waals surface area contributed by atoms with Gasteiger partial charge in [0.15, 0.2) is 0 Å². The molecule has 4 N–H and O–H groups in total. The van der Waals surface area contributed by atoms with Crippen molar-refractivity contribution in [2.24, 2.45) is 5.73 Å². The third-order valence-corrected chi connectivity index (χ3v) is 3.92. The van der Waals surface area contributed by atoms with E-state index in [1.54, 1.807) is 0 Å². The van der Waals surface area contributed by atoms with Crippen LogP contribution >= 0.6 is 0 Å². The quantitative estimate of drug-likeness (QED) is 0.530. The molecule has 4 amide bonds. The van der Waals surface area contributed by atoms with Gasteiger partial charge in [0, 0.05) is 19.6 Å². The molecule has 0 unspecified atom stereocenters. The number of amides is 4. The molecule has 0 aromatic rings. The number of carbonyl (C=O) groups excluding carboxylic acids is 3. The van der Waals surface area contributed by atoms with Gasteiger partial charge in [-0.05, 0) is 6.42 Å². The zero-order chi connectivity index (χ0) is 17.0. The van der Waals surface area contributed by atoms with Gasteiger partial charge in [0.1, 0.15) is 12.1 Å². The molecule has 10 heteroatoms. The van der Waals surface area contributed by atoms with Crippen LogP contribution in [-0.4, -0.2) is 83.7 Å². The minimum absolute atomic E-state index is 0.192. The second-order valence-electron chi connectivity index (χ2n) is 5.45. The molecule has 0 bridgehead atoms. The lowest BCUT2D eigenvalue weighted by atomic mass is 10.1. The van der Waals surface area contributed by atoms with Crippen LogP contribution in [0, 0.1) is 0 Å². The molecular formula is C13H20N4O6. The average Bonchev–Trinajstić information content (AvgIpc) is 2.85. The normalized spacial score (nSPS) is 22.8. The van der Waals surface area contributed by atoms with Crippen molar-refractivity contribution >= 4 is 23.8 Å². The van der Waals surface area contributed by atoms with Crippen molar-refractivity contribution in [2.75, 3.05) is 32.8 Å². The van der Waals surface area contributed by atoms with Crippen LogP contribution in [0.25, 0.3) is 0 Å². The van der Waals surface area contributed by atoms with Gasteiger partial charge in [0.2, 0.25) is 17.7 Å². The Hall–Kier alpha value is -2.36. The van der Waals surface area contributed by atoms with E-state index in [-0.39, 0.29) is 25.3 Å². The number of nitrogens with one attached hydrogen (secondary N) is 1. The number of nitrogens with two attached hydrogens (primary N) is 1. The van der Waals surface area contributed by atoms with Crippen molar-refractivity contribution in [1.82, 2.24) is 15.1 Å². The first-order valence-corrected chi connectivity index (χ1v) is 7.35. The van der Waals surface area contributed by atoms with Gasteiger partial charge in [0.25, 0.3) is 0 Å². The lowest BCUT2D eigenvalue weighted by Crippen LogP contribution is -2.54. The number of likely N-dealkylation sites (tertiary alicyclic amines) is 1. The molecule has 0 aromatic heterocycles. The van der Waals surface area contributed by atoms with E-state index in [0.29, 0.717) is 26.3 Å². The highest BCUT2D eigenvalue weighted by molar-refractivity contribution is 5.95. The van der Waals surface area contributed by atoms with Crippen molar-refractivity contribution in [1.29, 1.82) is 0 Å². The summed E-state index contributed by atoms with van der Waals surface area (Å²) in [5, 5.41) is 10.8. The number of hydrogen-bond acceptors (Lipinski definition) is 5. The zero-order valence-electron chi connectivity index (χ0n) is 12.6. The third kappa shape index (κ3) is 4.09. The molecule has 0 spiro atoms. The first-order chi connectivity index (χ1) is 10.9. The Morgan fingerprint density at radius 1 is 1.30 bits per heavy atom. The molecule has 0 aromatic carbocycles. The maximum absolute atomic E-state index is 12.6. The summed E-state index contributed by atoms with van der Waals surface area (Å²) in [5.74, 6) is -1.57. The Bertz CT molecular complexity index is 505. The van der Waals surface area contributed by atoms with Crippen LogP contribution in [0.1, 0.15) is 12.8 Å². The summed E-state index contributed by atoms with van der Waals surface area (Å²) in [7, 11) is 0. The Morgan fingerprint density at radius 2 is 1.96 bits per heavy atom. The molecule has 2 aliphatic rings. The van der Waals surface area contributed by atoms with Gasteiger partial charge in [-0.3, -0.25) is 14.4 Å². The summed E-state index contributed by atoms with van der Waals surface area (Å²) in [6.45, 7) is 1.75. The smallest absolute Gasteiger partial charge is 0.405 e. The van der Waals surface area contributed by atoms with Crippen molar-refractivity contribution in [2.45, 2.75) is 24.9 Å². The average molecular weight is 328 g/mol. The van der Waals surface area contributed by atoms with Gasteiger partial charge in [0.05, 0.1) is 19.6 Å². The molecule has 2 fully saturated rings. The summed E-state index contributed by atoms with van der Waals surface area (Å²) >= 11 is 0. The molecule has 2 atom stereocenters. The molecule has 128 valence electrons. The maximum atomic E-state index is 12.6. The Kier molecular flexibility index (Phi) is 5.37. The van der Waals surface area contributed by atoms with Crippen LogP contribution in [-0.2, 0) is 19.1 Å². The highest BCUT2D eigenvalue weighted by Gasteiger charge is 2.41. The number of hydrogen-bond donors (Lipinski definition) is 3. The predicted octanol–water partition coefficient (Wildman–Crippen LogP) is -2.04. The fraction of sp³-hybridized carbons (Fsp3) is 0.692. The number of rotatable bonds is 5. The molecule has 2 aliphatic heterocycles. The number of ether oxygens (including phenoxy) is 1. The number of carbonyl (C=O) groups is 4. The molecule has 2 rings (SSSR count). The van der Waals surface area contributed by atoms with Crippen molar-refractivity contribution in [3.05, 3.63) is 0 Å². The SMILES string of the molecule is NC(=O)C[C@@H](C(=O)N1CCOCC1)N1CC[C@H](NC(=O)O)C1=O. The lowest BCUT2D eigenvalue weighted by molar-refractivity contribution is -0.148.